The summed E-state index contributed by atoms with van der Waals surface area (Å²) in [6, 6.07) is 36.3. The number of nitrogens with one attached hydrogen (secondary N) is 1. The van der Waals surface area contributed by atoms with E-state index in [2.05, 4.69) is 108 Å². The van der Waals surface area contributed by atoms with Gasteiger partial charge in [0, 0.05) is 19.6 Å². The van der Waals surface area contributed by atoms with Crippen molar-refractivity contribution in [3.05, 3.63) is 120 Å². The molecule has 4 aromatic rings. The van der Waals surface area contributed by atoms with Crippen LogP contribution in [0.5, 0.6) is 0 Å². The first-order valence-electron chi connectivity index (χ1n) is 10.1. The molecule has 0 spiro atoms. The lowest BCUT2D eigenvalue weighted by atomic mass is 9.91. The summed E-state index contributed by atoms with van der Waals surface area (Å²) in [6.45, 7) is 2.25. The van der Waals surface area contributed by atoms with E-state index in [4.69, 9.17) is 5.73 Å². The summed E-state index contributed by atoms with van der Waals surface area (Å²) < 4.78 is 0. The van der Waals surface area contributed by atoms with E-state index in [0.29, 0.717) is 6.54 Å². The summed E-state index contributed by atoms with van der Waals surface area (Å²) in [7, 11) is 0. The normalized spacial score (nSPS) is 10.8. The molecule has 0 heterocycles. The third-order valence-electron chi connectivity index (χ3n) is 5.22. The lowest BCUT2D eigenvalue weighted by Crippen LogP contribution is -2.13. The van der Waals surface area contributed by atoms with Crippen molar-refractivity contribution in [1.82, 2.24) is 5.32 Å². The zero-order chi connectivity index (χ0) is 19.9. The van der Waals surface area contributed by atoms with Gasteiger partial charge in [0.15, 0.2) is 0 Å². The average molecular weight is 379 g/mol. The Bertz CT molecular complexity index is 1050. The molecule has 0 aliphatic rings. The largest absolute Gasteiger partial charge is 0.326 e. The van der Waals surface area contributed by atoms with Crippen molar-refractivity contribution in [2.24, 2.45) is 5.73 Å². The Balaban J connectivity index is 1.62. The Hall–Kier alpha value is -3.20. The van der Waals surface area contributed by atoms with Crippen molar-refractivity contribution in [3.63, 3.8) is 0 Å². The average Bonchev–Trinajstić information content (AvgIpc) is 2.80. The molecule has 144 valence electrons. The molecule has 0 atom stereocenters. The second kappa shape index (κ2) is 9.33. The second-order valence-electron chi connectivity index (χ2n) is 7.19. The number of benzene rings is 4. The molecule has 29 heavy (non-hydrogen) atoms. The van der Waals surface area contributed by atoms with Crippen molar-refractivity contribution in [3.8, 4) is 22.3 Å². The zero-order valence-corrected chi connectivity index (χ0v) is 16.5. The van der Waals surface area contributed by atoms with Crippen molar-refractivity contribution < 1.29 is 0 Å². The van der Waals surface area contributed by atoms with E-state index in [1.807, 2.05) is 0 Å². The van der Waals surface area contributed by atoms with Crippen LogP contribution in [0.2, 0.25) is 0 Å². The maximum atomic E-state index is 5.76. The van der Waals surface area contributed by atoms with Gasteiger partial charge in [0.2, 0.25) is 0 Å². The topological polar surface area (TPSA) is 38.0 Å². The second-order valence-corrected chi connectivity index (χ2v) is 7.19. The van der Waals surface area contributed by atoms with E-state index < -0.39 is 0 Å². The lowest BCUT2D eigenvalue weighted by Gasteiger charge is -2.15. The third kappa shape index (κ3) is 4.62. The van der Waals surface area contributed by atoms with Gasteiger partial charge in [0.1, 0.15) is 0 Å². The standard InChI is InChI=1S/C27H26N2/c28-18-21-14-16-23(17-15-21)25-11-6-7-13-27(25)26-12-5-4-10-24(26)20-29-19-22-8-2-1-3-9-22/h1-17,29H,18-20,28H2. The summed E-state index contributed by atoms with van der Waals surface area (Å²) in [5.41, 5.74) is 14.5. The van der Waals surface area contributed by atoms with Crippen molar-refractivity contribution in [1.29, 1.82) is 0 Å². The maximum absolute atomic E-state index is 5.76. The number of hydrogen-bond donors (Lipinski definition) is 2. The van der Waals surface area contributed by atoms with Crippen molar-refractivity contribution >= 4 is 0 Å². The van der Waals surface area contributed by atoms with Crippen molar-refractivity contribution in [2.75, 3.05) is 0 Å². The molecule has 0 saturated heterocycles. The van der Waals surface area contributed by atoms with E-state index in [1.54, 1.807) is 0 Å². The highest BCUT2D eigenvalue weighted by Gasteiger charge is 2.10. The molecule has 0 saturated carbocycles. The first-order chi connectivity index (χ1) is 14.3. The lowest BCUT2D eigenvalue weighted by molar-refractivity contribution is 0.694. The van der Waals surface area contributed by atoms with E-state index in [0.717, 1.165) is 18.7 Å². The van der Waals surface area contributed by atoms with Gasteiger partial charge in [-0.1, -0.05) is 103 Å². The fourth-order valence-corrected chi connectivity index (χ4v) is 3.66. The Morgan fingerprint density at radius 2 is 1.14 bits per heavy atom. The Morgan fingerprint density at radius 3 is 1.86 bits per heavy atom. The summed E-state index contributed by atoms with van der Waals surface area (Å²) >= 11 is 0. The molecule has 0 aliphatic heterocycles. The summed E-state index contributed by atoms with van der Waals surface area (Å²) in [5.74, 6) is 0. The molecule has 0 aliphatic carbocycles. The summed E-state index contributed by atoms with van der Waals surface area (Å²) in [6.07, 6.45) is 0. The smallest absolute Gasteiger partial charge is 0.0214 e. The Labute approximate surface area is 173 Å². The minimum atomic E-state index is 0.567. The maximum Gasteiger partial charge on any atom is 0.0214 e. The highest BCUT2D eigenvalue weighted by Crippen LogP contribution is 2.34. The quantitative estimate of drug-likeness (QED) is 0.428. The van der Waals surface area contributed by atoms with E-state index in [9.17, 15) is 0 Å². The Morgan fingerprint density at radius 1 is 0.517 bits per heavy atom. The molecule has 0 bridgehead atoms. The number of rotatable bonds is 7. The summed E-state index contributed by atoms with van der Waals surface area (Å²) in [5, 5.41) is 3.59. The van der Waals surface area contributed by atoms with Crippen LogP contribution >= 0.6 is 0 Å². The molecule has 4 rings (SSSR count). The number of nitrogens with two attached hydrogens (primary N) is 1. The fourth-order valence-electron chi connectivity index (χ4n) is 3.66. The molecule has 2 nitrogen and oxygen atoms in total. The summed E-state index contributed by atoms with van der Waals surface area (Å²) in [4.78, 5) is 0. The van der Waals surface area contributed by atoms with E-state index >= 15 is 0 Å². The molecular formula is C27H26N2. The van der Waals surface area contributed by atoms with Crippen molar-refractivity contribution in [2.45, 2.75) is 19.6 Å². The minimum absolute atomic E-state index is 0.567. The van der Waals surface area contributed by atoms with Gasteiger partial charge in [0.25, 0.3) is 0 Å². The van der Waals surface area contributed by atoms with Crippen LogP contribution in [0.1, 0.15) is 16.7 Å². The molecule has 3 N–H and O–H groups in total. The molecule has 0 unspecified atom stereocenters. The van der Waals surface area contributed by atoms with Gasteiger partial charge >= 0.3 is 0 Å². The van der Waals surface area contributed by atoms with E-state index in [1.165, 1.54) is 33.4 Å². The van der Waals surface area contributed by atoms with Gasteiger partial charge in [-0.25, -0.2) is 0 Å². The van der Waals surface area contributed by atoms with Crippen LogP contribution < -0.4 is 11.1 Å². The van der Waals surface area contributed by atoms with Crippen LogP contribution in [-0.2, 0) is 19.6 Å². The Kier molecular flexibility index (Phi) is 6.16. The predicted octanol–water partition coefficient (Wildman–Crippen LogP) is 5.77. The highest BCUT2D eigenvalue weighted by atomic mass is 14.8. The molecule has 0 radical (unpaired) electrons. The van der Waals surface area contributed by atoms with Crippen LogP contribution in [0.15, 0.2) is 103 Å². The molecule has 0 aromatic heterocycles. The van der Waals surface area contributed by atoms with Gasteiger partial charge in [-0.15, -0.1) is 0 Å². The van der Waals surface area contributed by atoms with Gasteiger partial charge in [0.05, 0.1) is 0 Å². The molecule has 0 fully saturated rings. The molecule has 2 heteroatoms. The molecule has 0 amide bonds. The minimum Gasteiger partial charge on any atom is -0.326 e. The fraction of sp³-hybridized carbons (Fsp3) is 0.111. The zero-order valence-electron chi connectivity index (χ0n) is 16.5. The first kappa shape index (κ1) is 19.1. The monoisotopic (exact) mass is 378 g/mol. The third-order valence-corrected chi connectivity index (χ3v) is 5.22. The molecular weight excluding hydrogens is 352 g/mol. The first-order valence-corrected chi connectivity index (χ1v) is 10.1. The van der Waals surface area contributed by atoms with Crippen LogP contribution in [0.3, 0.4) is 0 Å². The van der Waals surface area contributed by atoms with Gasteiger partial charge < -0.3 is 11.1 Å². The predicted molar refractivity (Wildman–Crippen MR) is 122 cm³/mol. The van der Waals surface area contributed by atoms with Gasteiger partial charge in [-0.3, -0.25) is 0 Å². The molecule has 4 aromatic carbocycles. The van der Waals surface area contributed by atoms with Crippen LogP contribution in [0, 0.1) is 0 Å². The van der Waals surface area contributed by atoms with Crippen LogP contribution in [0.25, 0.3) is 22.3 Å². The number of hydrogen-bond acceptors (Lipinski definition) is 2. The van der Waals surface area contributed by atoms with Gasteiger partial charge in [-0.2, -0.15) is 0 Å². The van der Waals surface area contributed by atoms with Gasteiger partial charge in [-0.05, 0) is 38.9 Å². The van der Waals surface area contributed by atoms with E-state index in [-0.39, 0.29) is 0 Å². The highest BCUT2D eigenvalue weighted by molar-refractivity contribution is 5.84. The SMILES string of the molecule is NCc1ccc(-c2ccccc2-c2ccccc2CNCc2ccccc2)cc1. The van der Waals surface area contributed by atoms with Crippen LogP contribution in [0.4, 0.5) is 0 Å². The van der Waals surface area contributed by atoms with Crippen LogP contribution in [-0.4, -0.2) is 0 Å².